The predicted octanol–water partition coefficient (Wildman–Crippen LogP) is 2.50. The highest BCUT2D eigenvalue weighted by Crippen LogP contribution is 2.52. The number of aromatic hydroxyl groups is 2. The number of carbonyl (C=O) groups is 1. The molecule has 0 aliphatic heterocycles. The molecule has 0 aromatic heterocycles. The first-order valence-corrected chi connectivity index (χ1v) is 7.33. The van der Waals surface area contributed by atoms with Gasteiger partial charge < -0.3 is 15.3 Å². The number of fused-ring (bicyclic) bond motifs is 3. The third-order valence-corrected chi connectivity index (χ3v) is 4.42. The topological polar surface area (TPSA) is 77.8 Å². The Morgan fingerprint density at radius 3 is 2.39 bits per heavy atom. The Morgan fingerprint density at radius 2 is 1.65 bits per heavy atom. The van der Waals surface area contributed by atoms with Crippen LogP contribution >= 0.6 is 0 Å². The van der Waals surface area contributed by atoms with E-state index in [0.29, 0.717) is 11.1 Å². The summed E-state index contributed by atoms with van der Waals surface area (Å²) in [5, 5.41) is 29.6. The third kappa shape index (κ3) is 1.99. The summed E-state index contributed by atoms with van der Waals surface area (Å²) in [7, 11) is 0. The van der Waals surface area contributed by atoms with Gasteiger partial charge in [0.2, 0.25) is 0 Å². The van der Waals surface area contributed by atoms with E-state index in [0.717, 1.165) is 16.7 Å². The van der Waals surface area contributed by atoms with Crippen LogP contribution in [0.15, 0.2) is 60.2 Å². The van der Waals surface area contributed by atoms with E-state index in [4.69, 9.17) is 0 Å². The molecule has 2 unspecified atom stereocenters. The zero-order valence-corrected chi connectivity index (χ0v) is 12.1. The van der Waals surface area contributed by atoms with Crippen LogP contribution < -0.4 is 0 Å². The van der Waals surface area contributed by atoms with Gasteiger partial charge in [-0.05, 0) is 52.1 Å². The number of carbonyl (C=O) groups excluding carboxylic acids is 1. The molecule has 0 saturated heterocycles. The number of aliphatic hydroxyl groups excluding tert-OH is 1. The van der Waals surface area contributed by atoms with Crippen LogP contribution in [0, 0.1) is 0 Å². The van der Waals surface area contributed by atoms with E-state index >= 15 is 0 Å². The van der Waals surface area contributed by atoms with Gasteiger partial charge in [0.25, 0.3) is 0 Å². The lowest BCUT2D eigenvalue weighted by Gasteiger charge is -2.18. The normalized spacial score (nSPS) is 22.2. The van der Waals surface area contributed by atoms with E-state index in [1.807, 2.05) is 30.3 Å². The minimum absolute atomic E-state index is 0.188. The highest BCUT2D eigenvalue weighted by Gasteiger charge is 2.37. The Kier molecular flexibility index (Phi) is 2.89. The van der Waals surface area contributed by atoms with Crippen LogP contribution in [0.2, 0.25) is 0 Å². The largest absolute Gasteiger partial charge is 0.504 e. The lowest BCUT2D eigenvalue weighted by molar-refractivity contribution is -0.120. The number of benzene rings is 2. The summed E-state index contributed by atoms with van der Waals surface area (Å²) in [5.74, 6) is -0.990. The maximum atomic E-state index is 11.9. The van der Waals surface area contributed by atoms with E-state index in [2.05, 4.69) is 0 Å². The van der Waals surface area contributed by atoms with Gasteiger partial charge in [-0.25, -0.2) is 0 Å². The summed E-state index contributed by atoms with van der Waals surface area (Å²) in [6.07, 6.45) is 1.82. The number of aliphatic hydroxyl groups is 1. The summed E-state index contributed by atoms with van der Waals surface area (Å²) < 4.78 is 0. The molecule has 2 aliphatic carbocycles. The Labute approximate surface area is 132 Å². The van der Waals surface area contributed by atoms with E-state index in [9.17, 15) is 20.1 Å². The molecule has 0 amide bonds. The van der Waals surface area contributed by atoms with E-state index < -0.39 is 6.10 Å². The molecule has 2 aromatic rings. The molecule has 2 atom stereocenters. The number of ketones is 1. The van der Waals surface area contributed by atoms with Crippen LogP contribution in [-0.2, 0) is 4.79 Å². The number of hydrogen-bond acceptors (Lipinski definition) is 4. The fourth-order valence-corrected chi connectivity index (χ4v) is 3.38. The lowest BCUT2D eigenvalue weighted by Crippen LogP contribution is -2.20. The minimum Gasteiger partial charge on any atom is -0.504 e. The number of rotatable bonds is 1. The van der Waals surface area contributed by atoms with Crippen molar-refractivity contribution < 1.29 is 20.1 Å². The molecule has 2 aliphatic rings. The van der Waals surface area contributed by atoms with Crippen molar-refractivity contribution in [3.05, 3.63) is 76.9 Å². The molecule has 114 valence electrons. The van der Waals surface area contributed by atoms with Gasteiger partial charge in [0.05, 0.1) is 0 Å². The van der Waals surface area contributed by atoms with Gasteiger partial charge in [0, 0.05) is 5.92 Å². The van der Waals surface area contributed by atoms with Gasteiger partial charge in [-0.15, -0.1) is 0 Å². The first kappa shape index (κ1) is 13.8. The number of hydrogen-bond donors (Lipinski definition) is 3. The standard InChI is InChI=1S/C19H14O4/c20-15-6-11-12-7-16(21)18(23)9-14(12)19(13(11)8-17(15)22)10-4-2-1-3-5-10/h1-9,17,19,21-23H. The van der Waals surface area contributed by atoms with Crippen molar-refractivity contribution in [1.29, 1.82) is 0 Å². The first-order chi connectivity index (χ1) is 11.1. The molecule has 4 nitrogen and oxygen atoms in total. The molecule has 0 heterocycles. The van der Waals surface area contributed by atoms with Gasteiger partial charge in [-0.1, -0.05) is 30.3 Å². The maximum absolute atomic E-state index is 11.9. The van der Waals surface area contributed by atoms with Crippen molar-refractivity contribution in [2.75, 3.05) is 0 Å². The third-order valence-electron chi connectivity index (χ3n) is 4.42. The molecule has 2 aromatic carbocycles. The fraction of sp³-hybridized carbons (Fsp3) is 0.105. The van der Waals surface area contributed by atoms with Gasteiger partial charge in [-0.3, -0.25) is 4.79 Å². The van der Waals surface area contributed by atoms with Crippen molar-refractivity contribution in [3.63, 3.8) is 0 Å². The van der Waals surface area contributed by atoms with Crippen molar-refractivity contribution in [2.45, 2.75) is 12.0 Å². The summed E-state index contributed by atoms with van der Waals surface area (Å²) in [5.41, 5.74) is 4.03. The second kappa shape index (κ2) is 4.83. The molecular formula is C19H14O4. The lowest BCUT2D eigenvalue weighted by atomic mass is 9.86. The summed E-state index contributed by atoms with van der Waals surface area (Å²) >= 11 is 0. The van der Waals surface area contributed by atoms with Crippen LogP contribution in [0.1, 0.15) is 22.6 Å². The quantitative estimate of drug-likeness (QED) is 0.707. The van der Waals surface area contributed by atoms with Crippen LogP contribution in [0.25, 0.3) is 5.57 Å². The van der Waals surface area contributed by atoms with Crippen LogP contribution in [0.3, 0.4) is 0 Å². The molecule has 4 rings (SSSR count). The van der Waals surface area contributed by atoms with Crippen molar-refractivity contribution in [2.24, 2.45) is 0 Å². The van der Waals surface area contributed by atoms with Crippen molar-refractivity contribution in [3.8, 4) is 11.5 Å². The SMILES string of the molecule is O=C1C=C2C(=CC1O)C(c1ccccc1)c1cc(O)c(O)cc12. The molecule has 0 fully saturated rings. The van der Waals surface area contributed by atoms with Crippen LogP contribution in [0.5, 0.6) is 11.5 Å². The molecule has 0 spiro atoms. The maximum Gasteiger partial charge on any atom is 0.188 e. The Morgan fingerprint density at radius 1 is 0.957 bits per heavy atom. The molecule has 23 heavy (non-hydrogen) atoms. The van der Waals surface area contributed by atoms with Crippen LogP contribution in [-0.4, -0.2) is 27.2 Å². The molecule has 0 radical (unpaired) electrons. The predicted molar refractivity (Wildman–Crippen MR) is 85.1 cm³/mol. The van der Waals surface area contributed by atoms with E-state index in [-0.39, 0.29) is 23.2 Å². The zero-order chi connectivity index (χ0) is 16.1. The molecule has 0 bridgehead atoms. The highest BCUT2D eigenvalue weighted by molar-refractivity contribution is 6.09. The molecular weight excluding hydrogens is 292 g/mol. The monoisotopic (exact) mass is 306 g/mol. The van der Waals surface area contributed by atoms with Gasteiger partial charge in [0.1, 0.15) is 6.10 Å². The summed E-state index contributed by atoms with van der Waals surface area (Å²) in [4.78, 5) is 11.9. The minimum atomic E-state index is -1.16. The van der Waals surface area contributed by atoms with E-state index in [1.54, 1.807) is 6.08 Å². The molecule has 3 N–H and O–H groups in total. The average molecular weight is 306 g/mol. The number of allylic oxidation sites excluding steroid dienone is 2. The van der Waals surface area contributed by atoms with Gasteiger partial charge >= 0.3 is 0 Å². The average Bonchev–Trinajstić information content (AvgIpc) is 2.82. The zero-order valence-electron chi connectivity index (χ0n) is 12.1. The van der Waals surface area contributed by atoms with Crippen LogP contribution in [0.4, 0.5) is 0 Å². The van der Waals surface area contributed by atoms with Crippen molar-refractivity contribution in [1.82, 2.24) is 0 Å². The van der Waals surface area contributed by atoms with E-state index in [1.165, 1.54) is 18.2 Å². The first-order valence-electron chi connectivity index (χ1n) is 7.33. The number of phenols is 2. The summed E-state index contributed by atoms with van der Waals surface area (Å²) in [6.45, 7) is 0. The van der Waals surface area contributed by atoms with Crippen molar-refractivity contribution >= 4 is 11.4 Å². The second-order valence-corrected chi connectivity index (χ2v) is 5.80. The summed E-state index contributed by atoms with van der Waals surface area (Å²) in [6, 6.07) is 12.7. The number of phenolic OH excluding ortho intramolecular Hbond substituents is 2. The second-order valence-electron chi connectivity index (χ2n) is 5.80. The molecule has 4 heteroatoms. The Hall–Kier alpha value is -2.85. The van der Waals surface area contributed by atoms with Gasteiger partial charge in [-0.2, -0.15) is 0 Å². The Bertz CT molecular complexity index is 878. The smallest absolute Gasteiger partial charge is 0.188 e. The fourth-order valence-electron chi connectivity index (χ4n) is 3.38. The Balaban J connectivity index is 2.00. The molecule has 0 saturated carbocycles. The highest BCUT2D eigenvalue weighted by atomic mass is 16.3. The van der Waals surface area contributed by atoms with Gasteiger partial charge in [0.15, 0.2) is 17.3 Å².